The van der Waals surface area contributed by atoms with Crippen LogP contribution >= 0.6 is 0 Å². The van der Waals surface area contributed by atoms with Crippen LogP contribution in [-0.2, 0) is 6.54 Å². The molecule has 0 aliphatic rings. The minimum absolute atomic E-state index is 0.318. The van der Waals surface area contributed by atoms with Gasteiger partial charge in [-0.05, 0) is 24.6 Å². The predicted molar refractivity (Wildman–Crippen MR) is 59.1 cm³/mol. The van der Waals surface area contributed by atoms with Crippen LogP contribution in [-0.4, -0.2) is 17.8 Å². The van der Waals surface area contributed by atoms with Gasteiger partial charge in [-0.15, -0.1) is 0 Å². The van der Waals surface area contributed by atoms with E-state index in [2.05, 4.69) is 5.32 Å². The molecule has 16 heavy (non-hydrogen) atoms. The standard InChI is InChI=1S/C12H15FN2O/c1-2-11(16)8-15-7-10-5-9(6-14)3-4-12(10)13/h3-5,11,15-16H,2,7-8H2,1H3. The van der Waals surface area contributed by atoms with Crippen molar-refractivity contribution < 1.29 is 9.50 Å². The largest absolute Gasteiger partial charge is 0.392 e. The number of aliphatic hydroxyl groups is 1. The van der Waals surface area contributed by atoms with Crippen molar-refractivity contribution in [2.45, 2.75) is 26.0 Å². The molecule has 1 rings (SSSR count). The van der Waals surface area contributed by atoms with Gasteiger partial charge in [-0.25, -0.2) is 4.39 Å². The van der Waals surface area contributed by atoms with E-state index >= 15 is 0 Å². The fraction of sp³-hybridized carbons (Fsp3) is 0.417. The summed E-state index contributed by atoms with van der Waals surface area (Å²) in [7, 11) is 0. The molecule has 3 nitrogen and oxygen atoms in total. The summed E-state index contributed by atoms with van der Waals surface area (Å²) in [5, 5.41) is 20.9. The zero-order chi connectivity index (χ0) is 12.0. The monoisotopic (exact) mass is 222 g/mol. The molecule has 1 aromatic rings. The Morgan fingerprint density at radius 1 is 1.56 bits per heavy atom. The Labute approximate surface area is 94.5 Å². The molecule has 1 aromatic carbocycles. The van der Waals surface area contributed by atoms with Crippen LogP contribution in [0.2, 0.25) is 0 Å². The van der Waals surface area contributed by atoms with E-state index in [-0.39, 0.29) is 5.82 Å². The molecule has 86 valence electrons. The van der Waals surface area contributed by atoms with Crippen LogP contribution in [0.1, 0.15) is 24.5 Å². The molecule has 0 amide bonds. The number of hydrogen-bond donors (Lipinski definition) is 2. The van der Waals surface area contributed by atoms with Gasteiger partial charge in [0, 0.05) is 18.7 Å². The first-order valence-electron chi connectivity index (χ1n) is 5.24. The number of nitriles is 1. The summed E-state index contributed by atoms with van der Waals surface area (Å²) in [6.45, 7) is 2.62. The third kappa shape index (κ3) is 3.61. The van der Waals surface area contributed by atoms with Gasteiger partial charge < -0.3 is 10.4 Å². The summed E-state index contributed by atoms with van der Waals surface area (Å²) in [5.41, 5.74) is 0.886. The summed E-state index contributed by atoms with van der Waals surface area (Å²) in [4.78, 5) is 0. The highest BCUT2D eigenvalue weighted by molar-refractivity contribution is 5.33. The second-order valence-corrected chi connectivity index (χ2v) is 3.61. The van der Waals surface area contributed by atoms with Gasteiger partial charge in [0.25, 0.3) is 0 Å². The summed E-state index contributed by atoms with van der Waals surface area (Å²) in [5.74, 6) is -0.336. The topological polar surface area (TPSA) is 56.0 Å². The molecule has 0 aromatic heterocycles. The zero-order valence-corrected chi connectivity index (χ0v) is 9.20. The van der Waals surface area contributed by atoms with Crippen LogP contribution in [0.15, 0.2) is 18.2 Å². The summed E-state index contributed by atoms with van der Waals surface area (Å²) < 4.78 is 13.3. The van der Waals surface area contributed by atoms with E-state index in [1.807, 2.05) is 13.0 Å². The van der Waals surface area contributed by atoms with Crippen molar-refractivity contribution in [1.29, 1.82) is 5.26 Å². The van der Waals surface area contributed by atoms with Crippen LogP contribution in [0.3, 0.4) is 0 Å². The highest BCUT2D eigenvalue weighted by Gasteiger charge is 2.04. The quantitative estimate of drug-likeness (QED) is 0.794. The number of benzene rings is 1. The fourth-order valence-electron chi connectivity index (χ4n) is 1.30. The van der Waals surface area contributed by atoms with Crippen molar-refractivity contribution >= 4 is 0 Å². The van der Waals surface area contributed by atoms with Gasteiger partial charge in [-0.3, -0.25) is 0 Å². The van der Waals surface area contributed by atoms with Crippen LogP contribution in [0.4, 0.5) is 4.39 Å². The Bertz CT molecular complexity index is 387. The molecular weight excluding hydrogens is 207 g/mol. The lowest BCUT2D eigenvalue weighted by Crippen LogP contribution is -2.26. The number of rotatable bonds is 5. The molecule has 1 atom stereocenters. The first-order valence-corrected chi connectivity index (χ1v) is 5.24. The van der Waals surface area contributed by atoms with E-state index in [1.165, 1.54) is 18.2 Å². The van der Waals surface area contributed by atoms with Crippen molar-refractivity contribution in [1.82, 2.24) is 5.32 Å². The van der Waals surface area contributed by atoms with E-state index in [0.717, 1.165) is 0 Å². The lowest BCUT2D eigenvalue weighted by Gasteiger charge is -2.10. The highest BCUT2D eigenvalue weighted by atomic mass is 19.1. The third-order valence-corrected chi connectivity index (χ3v) is 2.34. The van der Waals surface area contributed by atoms with Crippen LogP contribution in [0.25, 0.3) is 0 Å². The van der Waals surface area contributed by atoms with Crippen molar-refractivity contribution in [3.63, 3.8) is 0 Å². The van der Waals surface area contributed by atoms with Gasteiger partial charge in [-0.1, -0.05) is 6.92 Å². The third-order valence-electron chi connectivity index (χ3n) is 2.34. The van der Waals surface area contributed by atoms with Crippen LogP contribution < -0.4 is 5.32 Å². The van der Waals surface area contributed by atoms with Crippen LogP contribution in [0.5, 0.6) is 0 Å². The molecule has 4 heteroatoms. The number of hydrogen-bond acceptors (Lipinski definition) is 3. The lowest BCUT2D eigenvalue weighted by molar-refractivity contribution is 0.167. The fourth-order valence-corrected chi connectivity index (χ4v) is 1.30. The normalized spacial score (nSPS) is 12.1. The summed E-state index contributed by atoms with van der Waals surface area (Å²) in [6, 6.07) is 6.20. The predicted octanol–water partition coefficient (Wildman–Crippen LogP) is 1.56. The minimum atomic E-state index is -0.415. The van der Waals surface area contributed by atoms with E-state index in [1.54, 1.807) is 0 Å². The van der Waals surface area contributed by atoms with Gasteiger partial charge in [0.15, 0.2) is 0 Å². The van der Waals surface area contributed by atoms with Crippen molar-refractivity contribution in [2.24, 2.45) is 0 Å². The van der Waals surface area contributed by atoms with E-state index < -0.39 is 6.10 Å². The smallest absolute Gasteiger partial charge is 0.127 e. The van der Waals surface area contributed by atoms with Gasteiger partial charge in [-0.2, -0.15) is 5.26 Å². The first kappa shape index (κ1) is 12.6. The molecule has 0 bridgehead atoms. The molecule has 2 N–H and O–H groups in total. The van der Waals surface area contributed by atoms with Gasteiger partial charge in [0.05, 0.1) is 17.7 Å². The number of nitrogens with one attached hydrogen (secondary N) is 1. The van der Waals surface area contributed by atoms with Gasteiger partial charge in [0.1, 0.15) is 5.82 Å². The molecule has 0 aliphatic carbocycles. The van der Waals surface area contributed by atoms with E-state index in [4.69, 9.17) is 5.26 Å². The second-order valence-electron chi connectivity index (χ2n) is 3.61. The maximum absolute atomic E-state index is 13.3. The Balaban J connectivity index is 2.56. The van der Waals surface area contributed by atoms with Gasteiger partial charge >= 0.3 is 0 Å². The van der Waals surface area contributed by atoms with Crippen molar-refractivity contribution in [2.75, 3.05) is 6.54 Å². The average Bonchev–Trinajstić information content (AvgIpc) is 2.31. The molecule has 0 saturated carbocycles. The highest BCUT2D eigenvalue weighted by Crippen LogP contribution is 2.09. The molecule has 0 saturated heterocycles. The molecular formula is C12H15FN2O. The Kier molecular flexibility index (Phi) is 4.90. The number of aliphatic hydroxyl groups excluding tert-OH is 1. The van der Waals surface area contributed by atoms with E-state index in [0.29, 0.717) is 30.6 Å². The molecule has 0 spiro atoms. The minimum Gasteiger partial charge on any atom is -0.392 e. The maximum atomic E-state index is 13.3. The van der Waals surface area contributed by atoms with Crippen molar-refractivity contribution in [3.8, 4) is 6.07 Å². The SMILES string of the molecule is CCC(O)CNCc1cc(C#N)ccc1F. The summed E-state index contributed by atoms with van der Waals surface area (Å²) in [6.07, 6.45) is 0.246. The lowest BCUT2D eigenvalue weighted by atomic mass is 10.1. The van der Waals surface area contributed by atoms with Crippen molar-refractivity contribution in [3.05, 3.63) is 35.1 Å². The zero-order valence-electron chi connectivity index (χ0n) is 9.20. The molecule has 0 fully saturated rings. The second kappa shape index (κ2) is 6.21. The Morgan fingerprint density at radius 3 is 2.94 bits per heavy atom. The average molecular weight is 222 g/mol. The molecule has 0 aliphatic heterocycles. The van der Waals surface area contributed by atoms with Crippen LogP contribution in [0, 0.1) is 17.1 Å². The number of nitrogens with zero attached hydrogens (tertiary/aromatic N) is 1. The molecule has 1 unspecified atom stereocenters. The Hall–Kier alpha value is -1.44. The van der Waals surface area contributed by atoms with Gasteiger partial charge in [0.2, 0.25) is 0 Å². The summed E-state index contributed by atoms with van der Waals surface area (Å²) >= 11 is 0. The molecule has 0 radical (unpaired) electrons. The Morgan fingerprint density at radius 2 is 2.31 bits per heavy atom. The van der Waals surface area contributed by atoms with E-state index in [9.17, 15) is 9.50 Å². The first-order chi connectivity index (χ1) is 7.67. The maximum Gasteiger partial charge on any atom is 0.127 e. The molecule has 0 heterocycles. The number of halogens is 1.